The van der Waals surface area contributed by atoms with Crippen LogP contribution in [0.15, 0.2) is 35.7 Å². The van der Waals surface area contributed by atoms with E-state index in [9.17, 15) is 9.59 Å². The Labute approximate surface area is 196 Å². The Bertz CT molecular complexity index is 904. The Balaban J connectivity index is 1.75. The number of hydrogen-bond acceptors (Lipinski definition) is 4. The first-order valence-corrected chi connectivity index (χ1v) is 12.5. The van der Waals surface area contributed by atoms with Crippen molar-refractivity contribution in [1.82, 2.24) is 9.80 Å². The zero-order valence-corrected chi connectivity index (χ0v) is 20.8. The molecule has 1 aromatic heterocycles. The van der Waals surface area contributed by atoms with Gasteiger partial charge in [-0.1, -0.05) is 45.4 Å². The van der Waals surface area contributed by atoms with Gasteiger partial charge in [-0.15, -0.1) is 11.3 Å². The molecule has 174 valence electrons. The van der Waals surface area contributed by atoms with E-state index in [1.807, 2.05) is 49.9 Å². The molecule has 1 aromatic carbocycles. The van der Waals surface area contributed by atoms with Gasteiger partial charge in [0.05, 0.1) is 12.6 Å². The summed E-state index contributed by atoms with van der Waals surface area (Å²) >= 11 is 1.74. The third-order valence-electron chi connectivity index (χ3n) is 5.69. The lowest BCUT2D eigenvalue weighted by atomic mass is 10.00. The van der Waals surface area contributed by atoms with Crippen LogP contribution in [-0.2, 0) is 16.0 Å². The second-order valence-electron chi connectivity index (χ2n) is 9.54. The van der Waals surface area contributed by atoms with Crippen LogP contribution in [0.2, 0.25) is 0 Å². The average molecular weight is 457 g/mol. The molecule has 1 atom stereocenters. The molecule has 5 nitrogen and oxygen atoms in total. The summed E-state index contributed by atoms with van der Waals surface area (Å²) in [7, 11) is 0. The summed E-state index contributed by atoms with van der Waals surface area (Å²) < 4.78 is 6.11. The minimum Gasteiger partial charge on any atom is -0.491 e. The fourth-order valence-electron chi connectivity index (χ4n) is 4.11. The number of ether oxygens (including phenoxy) is 1. The topological polar surface area (TPSA) is 49.9 Å². The van der Waals surface area contributed by atoms with Crippen molar-refractivity contribution in [3.05, 3.63) is 51.7 Å². The summed E-state index contributed by atoms with van der Waals surface area (Å²) in [4.78, 5) is 31.3. The Hall–Kier alpha value is -2.34. The minimum absolute atomic E-state index is 0.00267. The van der Waals surface area contributed by atoms with Crippen LogP contribution in [0, 0.1) is 18.8 Å². The monoisotopic (exact) mass is 456 g/mol. The van der Waals surface area contributed by atoms with Gasteiger partial charge in [-0.25, -0.2) is 0 Å². The van der Waals surface area contributed by atoms with Gasteiger partial charge in [-0.05, 0) is 54.3 Å². The van der Waals surface area contributed by atoms with E-state index in [4.69, 9.17) is 4.74 Å². The molecule has 2 aromatic rings. The van der Waals surface area contributed by atoms with E-state index in [0.29, 0.717) is 32.0 Å². The van der Waals surface area contributed by atoms with Crippen molar-refractivity contribution >= 4 is 23.2 Å². The lowest BCUT2D eigenvalue weighted by molar-refractivity contribution is -0.143. The molecule has 0 saturated carbocycles. The van der Waals surface area contributed by atoms with E-state index in [2.05, 4.69) is 25.3 Å². The van der Waals surface area contributed by atoms with Crippen LogP contribution >= 0.6 is 11.3 Å². The highest BCUT2D eigenvalue weighted by atomic mass is 32.1. The van der Waals surface area contributed by atoms with E-state index >= 15 is 0 Å². The molecule has 0 N–H and O–H groups in total. The van der Waals surface area contributed by atoms with E-state index in [-0.39, 0.29) is 30.3 Å². The van der Waals surface area contributed by atoms with Gasteiger partial charge >= 0.3 is 0 Å². The normalized spacial score (nSPS) is 15.7. The second kappa shape index (κ2) is 11.0. The highest BCUT2D eigenvalue weighted by Gasteiger charge is 2.33. The maximum atomic E-state index is 13.5. The molecule has 0 fully saturated rings. The second-order valence-corrected chi connectivity index (χ2v) is 10.5. The summed E-state index contributed by atoms with van der Waals surface area (Å²) in [6.45, 7) is 12.1. The van der Waals surface area contributed by atoms with Crippen molar-refractivity contribution in [3.63, 3.8) is 0 Å². The van der Waals surface area contributed by atoms with Crippen LogP contribution in [-0.4, -0.2) is 47.9 Å². The maximum absolute atomic E-state index is 13.5. The number of carbonyl (C=O) groups is 2. The average Bonchev–Trinajstić information content (AvgIpc) is 3.20. The molecular formula is C26H36N2O3S. The standard InChI is InChI=1S/C26H36N2O3S/c1-18(2)14-25(29)27(15-19(3)4)16-26(30)28-12-10-24-22(11-13-32-24)23(28)17-31-21-8-6-20(5)7-9-21/h6-9,11,13,18-19,23H,10,12,14-17H2,1-5H3. The molecule has 6 heteroatoms. The van der Waals surface area contributed by atoms with Crippen molar-refractivity contribution in [3.8, 4) is 5.75 Å². The lowest BCUT2D eigenvalue weighted by Crippen LogP contribution is -2.48. The highest BCUT2D eigenvalue weighted by Crippen LogP contribution is 2.34. The Kier molecular flexibility index (Phi) is 8.35. The number of benzene rings is 1. The number of carbonyl (C=O) groups excluding carboxylic acids is 2. The van der Waals surface area contributed by atoms with Crippen LogP contribution in [0.4, 0.5) is 0 Å². The van der Waals surface area contributed by atoms with Gasteiger partial charge < -0.3 is 14.5 Å². The SMILES string of the molecule is Cc1ccc(OCC2c3ccsc3CCN2C(=O)CN(CC(C)C)C(=O)CC(C)C)cc1. The number of nitrogens with zero attached hydrogens (tertiary/aromatic N) is 2. The Morgan fingerprint density at radius 2 is 1.84 bits per heavy atom. The summed E-state index contributed by atoms with van der Waals surface area (Å²) in [5.41, 5.74) is 2.36. The summed E-state index contributed by atoms with van der Waals surface area (Å²) in [5, 5.41) is 2.09. The van der Waals surface area contributed by atoms with Crippen molar-refractivity contribution in [1.29, 1.82) is 0 Å². The Morgan fingerprint density at radius 3 is 2.50 bits per heavy atom. The first-order valence-electron chi connectivity index (χ1n) is 11.6. The van der Waals surface area contributed by atoms with Gasteiger partial charge in [0.25, 0.3) is 0 Å². The van der Waals surface area contributed by atoms with E-state index in [1.165, 1.54) is 16.0 Å². The van der Waals surface area contributed by atoms with E-state index < -0.39 is 0 Å². The van der Waals surface area contributed by atoms with Crippen LogP contribution in [0.25, 0.3) is 0 Å². The van der Waals surface area contributed by atoms with Crippen LogP contribution in [0.1, 0.15) is 56.2 Å². The molecule has 1 aliphatic heterocycles. The minimum atomic E-state index is -0.139. The summed E-state index contributed by atoms with van der Waals surface area (Å²) in [5.74, 6) is 1.44. The fraction of sp³-hybridized carbons (Fsp3) is 0.538. The predicted octanol–water partition coefficient (Wildman–Crippen LogP) is 5.09. The fourth-order valence-corrected chi connectivity index (χ4v) is 5.04. The van der Waals surface area contributed by atoms with Crippen LogP contribution in [0.3, 0.4) is 0 Å². The number of hydrogen-bond donors (Lipinski definition) is 0. The van der Waals surface area contributed by atoms with Gasteiger partial charge in [0.2, 0.25) is 11.8 Å². The summed E-state index contributed by atoms with van der Waals surface area (Å²) in [6, 6.07) is 9.96. The van der Waals surface area contributed by atoms with Crippen molar-refractivity contribution in [2.75, 3.05) is 26.2 Å². The number of aryl methyl sites for hydroxylation is 1. The van der Waals surface area contributed by atoms with Crippen LogP contribution < -0.4 is 4.74 Å². The molecule has 0 saturated heterocycles. The van der Waals surface area contributed by atoms with E-state index in [1.54, 1.807) is 16.2 Å². The molecule has 1 unspecified atom stereocenters. The molecule has 2 heterocycles. The third kappa shape index (κ3) is 6.35. The molecule has 0 bridgehead atoms. The number of rotatable bonds is 9. The molecule has 3 rings (SSSR count). The first-order chi connectivity index (χ1) is 15.2. The quantitative estimate of drug-likeness (QED) is 0.528. The molecular weight excluding hydrogens is 420 g/mol. The van der Waals surface area contributed by atoms with Crippen molar-refractivity contribution in [2.45, 2.75) is 53.5 Å². The molecule has 1 aliphatic rings. The maximum Gasteiger partial charge on any atom is 0.242 e. The zero-order valence-electron chi connectivity index (χ0n) is 20.0. The van der Waals surface area contributed by atoms with Gasteiger partial charge in [-0.2, -0.15) is 0 Å². The molecule has 0 radical (unpaired) electrons. The summed E-state index contributed by atoms with van der Waals surface area (Å²) in [6.07, 6.45) is 1.32. The first kappa shape index (κ1) is 24.3. The number of amides is 2. The molecule has 0 aliphatic carbocycles. The van der Waals surface area contributed by atoms with Gasteiger partial charge in [0, 0.05) is 24.4 Å². The largest absolute Gasteiger partial charge is 0.491 e. The van der Waals surface area contributed by atoms with Gasteiger partial charge in [0.1, 0.15) is 12.4 Å². The zero-order chi connectivity index (χ0) is 23.3. The Morgan fingerprint density at radius 1 is 1.12 bits per heavy atom. The van der Waals surface area contributed by atoms with Crippen LogP contribution in [0.5, 0.6) is 5.75 Å². The highest BCUT2D eigenvalue weighted by molar-refractivity contribution is 7.10. The number of fused-ring (bicyclic) bond motifs is 1. The van der Waals surface area contributed by atoms with Gasteiger partial charge in [-0.3, -0.25) is 9.59 Å². The van der Waals surface area contributed by atoms with E-state index in [0.717, 1.165) is 12.2 Å². The third-order valence-corrected chi connectivity index (χ3v) is 6.69. The molecule has 2 amide bonds. The lowest BCUT2D eigenvalue weighted by Gasteiger charge is -2.37. The van der Waals surface area contributed by atoms with Gasteiger partial charge in [0.15, 0.2) is 0 Å². The van der Waals surface area contributed by atoms with Crippen molar-refractivity contribution < 1.29 is 14.3 Å². The predicted molar refractivity (Wildman–Crippen MR) is 130 cm³/mol. The molecule has 0 spiro atoms. The molecule has 32 heavy (non-hydrogen) atoms. The smallest absolute Gasteiger partial charge is 0.242 e. The number of thiophene rings is 1. The van der Waals surface area contributed by atoms with Crippen molar-refractivity contribution in [2.24, 2.45) is 11.8 Å².